The van der Waals surface area contributed by atoms with Gasteiger partial charge in [0.15, 0.2) is 5.69 Å². The summed E-state index contributed by atoms with van der Waals surface area (Å²) in [4.78, 5) is 37.7. The van der Waals surface area contributed by atoms with Crippen LogP contribution in [0, 0.1) is 17.0 Å². The molecule has 0 aliphatic heterocycles. The Morgan fingerprint density at radius 1 is 1.26 bits per heavy atom. The molecular weight excluding hydrogens is 348 g/mol. The number of hydrogen-bond donors (Lipinski definition) is 0. The second-order valence-corrected chi connectivity index (χ2v) is 6.86. The summed E-state index contributed by atoms with van der Waals surface area (Å²) in [5.41, 5.74) is -0.196. The first kappa shape index (κ1) is 18.8. The van der Waals surface area contributed by atoms with Crippen LogP contribution in [-0.2, 0) is 0 Å². The molecule has 0 spiro atoms. The highest BCUT2D eigenvalue weighted by Crippen LogP contribution is 2.24. The van der Waals surface area contributed by atoms with Crippen molar-refractivity contribution in [2.24, 2.45) is 0 Å². The summed E-state index contributed by atoms with van der Waals surface area (Å²) in [6.07, 6.45) is 5.10. The summed E-state index contributed by atoms with van der Waals surface area (Å²) in [6.45, 7) is 1.63. The number of nitro benzene ring substituents is 1. The molecule has 1 aliphatic carbocycles. The zero-order chi connectivity index (χ0) is 19.6. The number of amides is 1. The standard InChI is InChI=1S/C19H22N4O4/c1-13-12-17(24)18(19(25)21(2)14-8-4-3-5-9-14)20-22(13)15-10-6-7-11-16(15)23(26)27/h6-7,10-12,14H,3-5,8-9H2,1-2H3. The highest BCUT2D eigenvalue weighted by atomic mass is 16.6. The van der Waals surface area contributed by atoms with E-state index in [0.717, 1.165) is 32.1 Å². The third kappa shape index (κ3) is 3.74. The van der Waals surface area contributed by atoms with E-state index >= 15 is 0 Å². The molecule has 3 rings (SSSR count). The van der Waals surface area contributed by atoms with Gasteiger partial charge >= 0.3 is 0 Å². The van der Waals surface area contributed by atoms with Crippen molar-refractivity contribution in [1.82, 2.24) is 14.7 Å². The third-order valence-corrected chi connectivity index (χ3v) is 5.06. The molecule has 8 heteroatoms. The van der Waals surface area contributed by atoms with E-state index in [4.69, 9.17) is 0 Å². The molecule has 1 aromatic heterocycles. The second-order valence-electron chi connectivity index (χ2n) is 6.86. The lowest BCUT2D eigenvalue weighted by Gasteiger charge is -2.30. The first-order valence-electron chi connectivity index (χ1n) is 9.02. The average Bonchev–Trinajstić information content (AvgIpc) is 2.67. The van der Waals surface area contributed by atoms with E-state index < -0.39 is 16.3 Å². The van der Waals surface area contributed by atoms with Gasteiger partial charge in [-0.15, -0.1) is 0 Å². The summed E-state index contributed by atoms with van der Waals surface area (Å²) >= 11 is 0. The van der Waals surface area contributed by atoms with Crippen molar-refractivity contribution in [1.29, 1.82) is 0 Å². The minimum absolute atomic E-state index is 0.0910. The normalized spacial score (nSPS) is 14.7. The minimum atomic E-state index is -0.510. The van der Waals surface area contributed by atoms with Crippen LogP contribution in [0.25, 0.3) is 5.69 Å². The number of rotatable bonds is 4. The van der Waals surface area contributed by atoms with Gasteiger partial charge in [0, 0.05) is 30.9 Å². The smallest absolute Gasteiger partial charge is 0.294 e. The largest absolute Gasteiger partial charge is 0.337 e. The van der Waals surface area contributed by atoms with Gasteiger partial charge in [-0.3, -0.25) is 19.7 Å². The van der Waals surface area contributed by atoms with E-state index in [2.05, 4.69) is 5.10 Å². The molecule has 0 radical (unpaired) electrons. The van der Waals surface area contributed by atoms with E-state index in [-0.39, 0.29) is 23.1 Å². The first-order chi connectivity index (χ1) is 12.9. The number of aryl methyl sites for hydroxylation is 1. The molecule has 0 unspecified atom stereocenters. The fourth-order valence-corrected chi connectivity index (χ4v) is 3.54. The number of benzene rings is 1. The number of hydrogen-bond acceptors (Lipinski definition) is 5. The van der Waals surface area contributed by atoms with E-state index in [1.165, 1.54) is 16.8 Å². The molecule has 2 aromatic rings. The SMILES string of the molecule is Cc1cc(=O)c(C(=O)N(C)C2CCCCC2)nn1-c1ccccc1[N+](=O)[O-]. The van der Waals surface area contributed by atoms with Gasteiger partial charge in [-0.25, -0.2) is 4.68 Å². The van der Waals surface area contributed by atoms with E-state index in [0.29, 0.717) is 5.69 Å². The van der Waals surface area contributed by atoms with Crippen molar-refractivity contribution in [2.75, 3.05) is 7.05 Å². The number of carbonyl (C=O) groups excluding carboxylic acids is 1. The lowest BCUT2D eigenvalue weighted by atomic mass is 9.94. The van der Waals surface area contributed by atoms with E-state index in [1.807, 2.05) is 0 Å². The molecule has 0 N–H and O–H groups in total. The van der Waals surface area contributed by atoms with Crippen LogP contribution in [0.4, 0.5) is 5.69 Å². The molecule has 1 aromatic carbocycles. The lowest BCUT2D eigenvalue weighted by Crippen LogP contribution is -2.41. The molecule has 0 saturated heterocycles. The summed E-state index contributed by atoms with van der Waals surface area (Å²) < 4.78 is 1.29. The molecule has 1 aliphatic rings. The summed E-state index contributed by atoms with van der Waals surface area (Å²) in [5, 5.41) is 15.5. The number of nitro groups is 1. The highest BCUT2D eigenvalue weighted by molar-refractivity contribution is 5.92. The summed E-state index contributed by atoms with van der Waals surface area (Å²) in [5.74, 6) is -0.445. The Balaban J connectivity index is 2.04. The summed E-state index contributed by atoms with van der Waals surface area (Å²) in [7, 11) is 1.69. The number of carbonyl (C=O) groups is 1. The van der Waals surface area contributed by atoms with Crippen LogP contribution in [0.3, 0.4) is 0 Å². The predicted octanol–water partition coefficient (Wildman–Crippen LogP) is 2.85. The van der Waals surface area contributed by atoms with Crippen LogP contribution in [0.5, 0.6) is 0 Å². The maximum Gasteiger partial charge on any atom is 0.294 e. The van der Waals surface area contributed by atoms with Crippen LogP contribution < -0.4 is 5.43 Å². The van der Waals surface area contributed by atoms with Crippen molar-refractivity contribution in [3.63, 3.8) is 0 Å². The van der Waals surface area contributed by atoms with E-state index in [9.17, 15) is 19.7 Å². The van der Waals surface area contributed by atoms with Crippen molar-refractivity contribution in [3.8, 4) is 5.69 Å². The fourth-order valence-electron chi connectivity index (χ4n) is 3.54. The van der Waals surface area contributed by atoms with Gasteiger partial charge in [-0.1, -0.05) is 31.4 Å². The molecule has 1 heterocycles. The van der Waals surface area contributed by atoms with Crippen molar-refractivity contribution in [3.05, 3.63) is 62.1 Å². The topological polar surface area (TPSA) is 98.3 Å². The molecule has 8 nitrogen and oxygen atoms in total. The Labute approximate surface area is 156 Å². The quantitative estimate of drug-likeness (QED) is 0.609. The van der Waals surface area contributed by atoms with Crippen LogP contribution in [0.15, 0.2) is 35.1 Å². The Kier molecular flexibility index (Phi) is 5.34. The Bertz CT molecular complexity index is 932. The van der Waals surface area contributed by atoms with Gasteiger partial charge in [-0.05, 0) is 25.8 Å². The number of aromatic nitrogens is 2. The number of nitrogens with zero attached hydrogens (tertiary/aromatic N) is 4. The van der Waals surface area contributed by atoms with Crippen LogP contribution in [-0.4, -0.2) is 38.6 Å². The highest BCUT2D eigenvalue weighted by Gasteiger charge is 2.27. The van der Waals surface area contributed by atoms with Gasteiger partial charge < -0.3 is 4.90 Å². The van der Waals surface area contributed by atoms with Crippen molar-refractivity contribution < 1.29 is 9.72 Å². The second kappa shape index (κ2) is 7.69. The van der Waals surface area contributed by atoms with Gasteiger partial charge in [0.1, 0.15) is 5.69 Å². The molecule has 142 valence electrons. The number of para-hydroxylation sites is 2. The Hall–Kier alpha value is -3.03. The van der Waals surface area contributed by atoms with Gasteiger partial charge in [0.25, 0.3) is 11.6 Å². The van der Waals surface area contributed by atoms with Crippen molar-refractivity contribution in [2.45, 2.75) is 45.1 Å². The molecule has 1 fully saturated rings. The molecule has 1 saturated carbocycles. The first-order valence-corrected chi connectivity index (χ1v) is 9.02. The fraction of sp³-hybridized carbons (Fsp3) is 0.421. The maximum atomic E-state index is 12.9. The van der Waals surface area contributed by atoms with E-state index in [1.54, 1.807) is 37.1 Å². The lowest BCUT2D eigenvalue weighted by molar-refractivity contribution is -0.384. The molecule has 0 atom stereocenters. The van der Waals surface area contributed by atoms with Gasteiger partial charge in [0.05, 0.1) is 4.92 Å². The van der Waals surface area contributed by atoms with Crippen LogP contribution in [0.2, 0.25) is 0 Å². The Morgan fingerprint density at radius 2 is 1.93 bits per heavy atom. The summed E-state index contributed by atoms with van der Waals surface area (Å²) in [6, 6.07) is 7.50. The molecular formula is C19H22N4O4. The van der Waals surface area contributed by atoms with Crippen molar-refractivity contribution >= 4 is 11.6 Å². The van der Waals surface area contributed by atoms with Gasteiger partial charge in [0.2, 0.25) is 5.43 Å². The average molecular weight is 370 g/mol. The van der Waals surface area contributed by atoms with Crippen LogP contribution >= 0.6 is 0 Å². The zero-order valence-electron chi connectivity index (χ0n) is 15.4. The molecule has 0 bridgehead atoms. The zero-order valence-corrected chi connectivity index (χ0v) is 15.4. The predicted molar refractivity (Wildman–Crippen MR) is 100 cm³/mol. The molecule has 27 heavy (non-hydrogen) atoms. The Morgan fingerprint density at radius 3 is 2.59 bits per heavy atom. The minimum Gasteiger partial charge on any atom is -0.337 e. The third-order valence-electron chi connectivity index (χ3n) is 5.06. The van der Waals surface area contributed by atoms with Gasteiger partial charge in [-0.2, -0.15) is 5.10 Å². The molecule has 1 amide bonds. The monoisotopic (exact) mass is 370 g/mol. The van der Waals surface area contributed by atoms with Crippen LogP contribution in [0.1, 0.15) is 48.3 Å². The maximum absolute atomic E-state index is 12.9.